The predicted molar refractivity (Wildman–Crippen MR) is 75.1 cm³/mol. The monoisotopic (exact) mass is 263 g/mol. The molecule has 0 aromatic rings. The van der Waals surface area contributed by atoms with Crippen LogP contribution >= 0.6 is 0 Å². The van der Waals surface area contributed by atoms with E-state index < -0.39 is 9.84 Å². The zero-order chi connectivity index (χ0) is 13.4. The third kappa shape index (κ3) is 7.77. The molecule has 1 N–H and O–H groups in total. The van der Waals surface area contributed by atoms with Crippen molar-refractivity contribution in [1.82, 2.24) is 5.32 Å². The van der Waals surface area contributed by atoms with E-state index in [0.717, 1.165) is 32.4 Å². The molecule has 4 heteroatoms. The van der Waals surface area contributed by atoms with Gasteiger partial charge in [0.05, 0.1) is 5.75 Å². The molecule has 0 aromatic heterocycles. The first kappa shape index (κ1) is 16.9. The van der Waals surface area contributed by atoms with Gasteiger partial charge in [0.25, 0.3) is 0 Å². The van der Waals surface area contributed by atoms with Crippen LogP contribution in [-0.2, 0) is 9.84 Å². The summed E-state index contributed by atoms with van der Waals surface area (Å²) in [6.45, 7) is 8.35. The minimum atomic E-state index is -2.85. The fourth-order valence-corrected chi connectivity index (χ4v) is 2.93. The Morgan fingerprint density at radius 1 is 1.12 bits per heavy atom. The lowest BCUT2D eigenvalue weighted by atomic mass is 9.77. The standard InChI is InChI=1S/C13H29NO2S/c1-5-8-9-13(6-2,12-14-7-3)10-11-17(4,15)16/h14H,5-12H2,1-4H3. The van der Waals surface area contributed by atoms with Crippen LogP contribution in [0.25, 0.3) is 0 Å². The molecule has 0 aliphatic carbocycles. The molecule has 0 saturated carbocycles. The maximum atomic E-state index is 11.3. The fraction of sp³-hybridized carbons (Fsp3) is 1.00. The van der Waals surface area contributed by atoms with Crippen LogP contribution in [0, 0.1) is 5.41 Å². The quantitative estimate of drug-likeness (QED) is 0.659. The highest BCUT2D eigenvalue weighted by atomic mass is 32.2. The van der Waals surface area contributed by atoms with Gasteiger partial charge in [0.15, 0.2) is 0 Å². The molecule has 3 nitrogen and oxygen atoms in total. The van der Waals surface area contributed by atoms with Gasteiger partial charge in [0.1, 0.15) is 9.84 Å². The third-order valence-corrected chi connectivity index (χ3v) is 4.51. The molecular formula is C13H29NO2S. The van der Waals surface area contributed by atoms with Crippen molar-refractivity contribution in [2.75, 3.05) is 25.1 Å². The highest BCUT2D eigenvalue weighted by molar-refractivity contribution is 7.90. The Kier molecular flexibility index (Phi) is 8.05. The van der Waals surface area contributed by atoms with E-state index >= 15 is 0 Å². The zero-order valence-electron chi connectivity index (χ0n) is 11.9. The summed E-state index contributed by atoms with van der Waals surface area (Å²) in [6, 6.07) is 0. The zero-order valence-corrected chi connectivity index (χ0v) is 12.7. The largest absolute Gasteiger partial charge is 0.316 e. The fourth-order valence-electron chi connectivity index (χ4n) is 2.12. The summed E-state index contributed by atoms with van der Waals surface area (Å²) in [6.07, 6.45) is 6.66. The minimum Gasteiger partial charge on any atom is -0.316 e. The highest BCUT2D eigenvalue weighted by Gasteiger charge is 2.28. The summed E-state index contributed by atoms with van der Waals surface area (Å²) in [5.41, 5.74) is 0.162. The van der Waals surface area contributed by atoms with Crippen molar-refractivity contribution < 1.29 is 8.42 Å². The van der Waals surface area contributed by atoms with E-state index in [1.807, 2.05) is 0 Å². The second-order valence-corrected chi connectivity index (χ2v) is 7.38. The van der Waals surface area contributed by atoms with Crippen molar-refractivity contribution in [2.45, 2.75) is 52.9 Å². The Balaban J connectivity index is 4.53. The first-order valence-electron chi connectivity index (χ1n) is 6.77. The Bertz CT molecular complexity index is 278. The van der Waals surface area contributed by atoms with Gasteiger partial charge in [-0.25, -0.2) is 8.42 Å². The maximum absolute atomic E-state index is 11.3. The van der Waals surface area contributed by atoms with Crippen molar-refractivity contribution >= 4 is 9.84 Å². The molecule has 0 aromatic carbocycles. The van der Waals surface area contributed by atoms with Crippen molar-refractivity contribution in [3.8, 4) is 0 Å². The van der Waals surface area contributed by atoms with Gasteiger partial charge in [-0.1, -0.05) is 33.6 Å². The summed E-state index contributed by atoms with van der Waals surface area (Å²) in [4.78, 5) is 0. The van der Waals surface area contributed by atoms with Crippen LogP contribution in [0.4, 0.5) is 0 Å². The first-order chi connectivity index (χ1) is 7.89. The van der Waals surface area contributed by atoms with Gasteiger partial charge in [-0.15, -0.1) is 0 Å². The van der Waals surface area contributed by atoms with Crippen LogP contribution in [0.5, 0.6) is 0 Å². The van der Waals surface area contributed by atoms with Crippen molar-refractivity contribution in [1.29, 1.82) is 0 Å². The predicted octanol–water partition coefficient (Wildman–Crippen LogP) is 2.62. The molecule has 1 atom stereocenters. The average Bonchev–Trinajstić information content (AvgIpc) is 2.28. The van der Waals surface area contributed by atoms with Gasteiger partial charge >= 0.3 is 0 Å². The van der Waals surface area contributed by atoms with Crippen molar-refractivity contribution in [3.05, 3.63) is 0 Å². The van der Waals surface area contributed by atoms with Crippen LogP contribution in [0.3, 0.4) is 0 Å². The van der Waals surface area contributed by atoms with Crippen molar-refractivity contribution in [3.63, 3.8) is 0 Å². The van der Waals surface area contributed by atoms with Gasteiger partial charge in [0.2, 0.25) is 0 Å². The van der Waals surface area contributed by atoms with E-state index in [0.29, 0.717) is 5.75 Å². The molecule has 17 heavy (non-hydrogen) atoms. The van der Waals surface area contributed by atoms with Crippen LogP contribution in [-0.4, -0.2) is 33.5 Å². The molecule has 104 valence electrons. The topological polar surface area (TPSA) is 46.2 Å². The summed E-state index contributed by atoms with van der Waals surface area (Å²) >= 11 is 0. The molecule has 0 bridgehead atoms. The van der Waals surface area contributed by atoms with E-state index in [-0.39, 0.29) is 5.41 Å². The molecule has 0 amide bonds. The molecule has 0 fully saturated rings. The Hall–Kier alpha value is -0.0900. The Morgan fingerprint density at radius 2 is 1.76 bits per heavy atom. The molecule has 0 aliphatic rings. The molecule has 0 saturated heterocycles. The lowest BCUT2D eigenvalue weighted by molar-refractivity contribution is 0.224. The van der Waals surface area contributed by atoms with Gasteiger partial charge in [-0.2, -0.15) is 0 Å². The van der Waals surface area contributed by atoms with E-state index in [4.69, 9.17) is 0 Å². The number of sulfone groups is 1. The number of nitrogens with one attached hydrogen (secondary N) is 1. The number of hydrogen-bond acceptors (Lipinski definition) is 3. The van der Waals surface area contributed by atoms with Gasteiger partial charge < -0.3 is 5.32 Å². The van der Waals surface area contributed by atoms with Crippen LogP contribution in [0.1, 0.15) is 52.9 Å². The molecule has 0 rings (SSSR count). The lowest BCUT2D eigenvalue weighted by Crippen LogP contribution is -2.35. The maximum Gasteiger partial charge on any atom is 0.147 e. The normalized spacial score (nSPS) is 15.8. The van der Waals surface area contributed by atoms with Crippen LogP contribution in [0.15, 0.2) is 0 Å². The first-order valence-corrected chi connectivity index (χ1v) is 8.83. The molecular weight excluding hydrogens is 234 g/mol. The molecule has 0 spiro atoms. The van der Waals surface area contributed by atoms with Crippen LogP contribution in [0.2, 0.25) is 0 Å². The second-order valence-electron chi connectivity index (χ2n) is 5.12. The summed E-state index contributed by atoms with van der Waals surface area (Å²) < 4.78 is 22.6. The molecule has 1 unspecified atom stereocenters. The van der Waals surface area contributed by atoms with E-state index in [1.54, 1.807) is 0 Å². The summed E-state index contributed by atoms with van der Waals surface area (Å²) in [5, 5.41) is 3.39. The Labute approximate surface area is 107 Å². The third-order valence-electron chi connectivity index (χ3n) is 3.56. The Morgan fingerprint density at radius 3 is 2.18 bits per heavy atom. The minimum absolute atomic E-state index is 0.162. The smallest absolute Gasteiger partial charge is 0.147 e. The highest BCUT2D eigenvalue weighted by Crippen LogP contribution is 2.32. The molecule has 0 aliphatic heterocycles. The summed E-state index contributed by atoms with van der Waals surface area (Å²) in [7, 11) is -2.85. The number of hydrogen-bond donors (Lipinski definition) is 1. The number of rotatable bonds is 10. The van der Waals surface area contributed by atoms with Crippen LogP contribution < -0.4 is 5.32 Å². The van der Waals surface area contributed by atoms with E-state index in [9.17, 15) is 8.42 Å². The SMILES string of the molecule is CCCCC(CC)(CCS(C)(=O)=O)CNCC. The van der Waals surface area contributed by atoms with Gasteiger partial charge in [-0.3, -0.25) is 0 Å². The van der Waals surface area contributed by atoms with E-state index in [2.05, 4.69) is 26.1 Å². The number of unbranched alkanes of at least 4 members (excludes halogenated alkanes) is 1. The van der Waals surface area contributed by atoms with Gasteiger partial charge in [0, 0.05) is 12.8 Å². The second kappa shape index (κ2) is 8.09. The van der Waals surface area contributed by atoms with Crippen molar-refractivity contribution in [2.24, 2.45) is 5.41 Å². The molecule has 0 heterocycles. The van der Waals surface area contributed by atoms with E-state index in [1.165, 1.54) is 19.1 Å². The lowest BCUT2D eigenvalue weighted by Gasteiger charge is -2.33. The summed E-state index contributed by atoms with van der Waals surface area (Å²) in [5.74, 6) is 0.315. The molecule has 0 radical (unpaired) electrons. The van der Waals surface area contributed by atoms with Gasteiger partial charge in [-0.05, 0) is 31.2 Å². The average molecular weight is 263 g/mol.